The zero-order valence-electron chi connectivity index (χ0n) is 15.6. The van der Waals surface area contributed by atoms with Crippen LogP contribution < -0.4 is 15.5 Å². The molecule has 0 unspecified atom stereocenters. The van der Waals surface area contributed by atoms with Gasteiger partial charge in [0.2, 0.25) is 5.91 Å². The molecule has 0 saturated carbocycles. The Balaban J connectivity index is 1.47. The highest BCUT2D eigenvalue weighted by atomic mass is 32.2. The molecular weight excluding hydrogens is 390 g/mol. The minimum absolute atomic E-state index is 0.127. The van der Waals surface area contributed by atoms with E-state index in [0.717, 1.165) is 5.69 Å². The van der Waals surface area contributed by atoms with Gasteiger partial charge in [-0.2, -0.15) is 5.10 Å². The Morgan fingerprint density at radius 1 is 1.10 bits per heavy atom. The molecule has 1 aromatic heterocycles. The van der Waals surface area contributed by atoms with Crippen molar-refractivity contribution in [2.75, 3.05) is 18.2 Å². The van der Waals surface area contributed by atoms with Crippen molar-refractivity contribution in [3.8, 4) is 5.75 Å². The van der Waals surface area contributed by atoms with E-state index in [9.17, 15) is 9.59 Å². The summed E-state index contributed by atoms with van der Waals surface area (Å²) >= 11 is 1.27. The van der Waals surface area contributed by atoms with Gasteiger partial charge in [0.15, 0.2) is 5.09 Å². The van der Waals surface area contributed by atoms with Crippen LogP contribution >= 0.6 is 11.8 Å². The number of hydrogen-bond acceptors (Lipinski definition) is 6. The van der Waals surface area contributed by atoms with E-state index in [4.69, 9.17) is 9.15 Å². The highest BCUT2D eigenvalue weighted by Crippen LogP contribution is 2.20. The SMILES string of the molecule is COc1cccc(C(=O)N/N=C/c2ccc(SCC(=O)Nc3ccccc3)o2)c1. The van der Waals surface area contributed by atoms with Gasteiger partial charge >= 0.3 is 0 Å². The molecule has 0 radical (unpaired) electrons. The standard InChI is InChI=1S/C21H19N3O4S/c1-27-17-9-5-6-15(12-17)21(26)24-22-13-18-10-11-20(28-18)29-14-19(25)23-16-7-3-2-4-8-16/h2-13H,14H2,1H3,(H,23,25)(H,24,26)/b22-13+. The number of benzene rings is 2. The summed E-state index contributed by atoms with van der Waals surface area (Å²) in [5.41, 5.74) is 3.61. The molecule has 0 fully saturated rings. The number of methoxy groups -OCH3 is 1. The predicted molar refractivity (Wildman–Crippen MR) is 113 cm³/mol. The third kappa shape index (κ3) is 6.25. The van der Waals surface area contributed by atoms with Crippen LogP contribution in [0.4, 0.5) is 5.69 Å². The molecule has 0 bridgehead atoms. The molecule has 2 amide bonds. The monoisotopic (exact) mass is 409 g/mol. The molecule has 3 rings (SSSR count). The molecule has 148 valence electrons. The second kappa shape index (κ2) is 10.1. The summed E-state index contributed by atoms with van der Waals surface area (Å²) in [5, 5.41) is 7.27. The van der Waals surface area contributed by atoms with Crippen LogP contribution in [-0.2, 0) is 4.79 Å². The number of furan rings is 1. The van der Waals surface area contributed by atoms with Gasteiger partial charge in [0.25, 0.3) is 5.91 Å². The van der Waals surface area contributed by atoms with Crippen LogP contribution in [0.5, 0.6) is 5.75 Å². The number of hydrazone groups is 1. The first-order chi connectivity index (χ1) is 14.1. The molecule has 3 aromatic rings. The summed E-state index contributed by atoms with van der Waals surface area (Å²) < 4.78 is 10.7. The highest BCUT2D eigenvalue weighted by molar-refractivity contribution is 7.99. The Kier molecular flexibility index (Phi) is 7.07. The smallest absolute Gasteiger partial charge is 0.271 e. The summed E-state index contributed by atoms with van der Waals surface area (Å²) in [6.07, 6.45) is 1.40. The summed E-state index contributed by atoms with van der Waals surface area (Å²) in [5.74, 6) is 0.774. The summed E-state index contributed by atoms with van der Waals surface area (Å²) in [4.78, 5) is 24.0. The Hall–Kier alpha value is -3.52. The van der Waals surface area contributed by atoms with E-state index in [-0.39, 0.29) is 17.6 Å². The number of anilines is 1. The summed E-state index contributed by atoms with van der Waals surface area (Å²) in [7, 11) is 1.53. The maximum atomic E-state index is 12.1. The van der Waals surface area contributed by atoms with E-state index in [1.54, 1.807) is 36.4 Å². The average Bonchev–Trinajstić information content (AvgIpc) is 3.21. The molecule has 29 heavy (non-hydrogen) atoms. The van der Waals surface area contributed by atoms with Gasteiger partial charge in [-0.15, -0.1) is 0 Å². The third-order valence-corrected chi connectivity index (χ3v) is 4.61. The van der Waals surface area contributed by atoms with Crippen molar-refractivity contribution >= 4 is 35.5 Å². The summed E-state index contributed by atoms with van der Waals surface area (Å²) in [6, 6.07) is 19.4. The first-order valence-electron chi connectivity index (χ1n) is 8.69. The van der Waals surface area contributed by atoms with Crippen LogP contribution in [0.25, 0.3) is 0 Å². The fourth-order valence-corrected chi connectivity index (χ4v) is 2.98. The van der Waals surface area contributed by atoms with E-state index < -0.39 is 0 Å². The topological polar surface area (TPSA) is 92.9 Å². The van der Waals surface area contributed by atoms with Crippen molar-refractivity contribution in [3.63, 3.8) is 0 Å². The molecule has 0 aliphatic carbocycles. The minimum Gasteiger partial charge on any atom is -0.497 e. The highest BCUT2D eigenvalue weighted by Gasteiger charge is 2.08. The van der Waals surface area contributed by atoms with Crippen molar-refractivity contribution in [1.82, 2.24) is 5.43 Å². The lowest BCUT2D eigenvalue weighted by molar-refractivity contribution is -0.113. The zero-order valence-corrected chi connectivity index (χ0v) is 16.4. The van der Waals surface area contributed by atoms with E-state index in [1.165, 1.54) is 25.1 Å². The second-order valence-electron chi connectivity index (χ2n) is 5.79. The van der Waals surface area contributed by atoms with Crippen LogP contribution in [0, 0.1) is 0 Å². The minimum atomic E-state index is -0.362. The third-order valence-electron chi connectivity index (χ3n) is 3.70. The number of para-hydroxylation sites is 1. The van der Waals surface area contributed by atoms with E-state index >= 15 is 0 Å². The normalized spacial score (nSPS) is 10.7. The van der Waals surface area contributed by atoms with Crippen molar-refractivity contribution in [1.29, 1.82) is 0 Å². The fourth-order valence-electron chi connectivity index (χ4n) is 2.32. The molecule has 1 heterocycles. The molecule has 7 nitrogen and oxygen atoms in total. The van der Waals surface area contributed by atoms with Crippen molar-refractivity contribution in [2.45, 2.75) is 5.09 Å². The molecule has 2 aromatic carbocycles. The number of nitrogens with one attached hydrogen (secondary N) is 2. The van der Waals surface area contributed by atoms with Crippen molar-refractivity contribution < 1.29 is 18.7 Å². The lowest BCUT2D eigenvalue weighted by Gasteiger charge is -2.03. The van der Waals surface area contributed by atoms with Gasteiger partial charge in [0.05, 0.1) is 19.1 Å². The van der Waals surface area contributed by atoms with Gasteiger partial charge in [0, 0.05) is 11.3 Å². The number of hydrogen-bond donors (Lipinski definition) is 2. The number of amides is 2. The summed E-state index contributed by atoms with van der Waals surface area (Å²) in [6.45, 7) is 0. The van der Waals surface area contributed by atoms with Gasteiger partial charge in [-0.25, -0.2) is 5.43 Å². The predicted octanol–water partition coefficient (Wildman–Crippen LogP) is 3.78. The number of nitrogens with zero attached hydrogens (tertiary/aromatic N) is 1. The quantitative estimate of drug-likeness (QED) is 0.336. The Bertz CT molecular complexity index is 1000. The molecule has 0 spiro atoms. The van der Waals surface area contributed by atoms with Crippen LogP contribution in [-0.4, -0.2) is 30.9 Å². The fraction of sp³-hybridized carbons (Fsp3) is 0.0952. The molecule has 0 atom stereocenters. The number of rotatable bonds is 8. The van der Waals surface area contributed by atoms with Gasteiger partial charge in [-0.05, 0) is 42.5 Å². The number of carbonyl (C=O) groups is 2. The number of carbonyl (C=O) groups excluding carboxylic acids is 2. The maximum absolute atomic E-state index is 12.1. The Labute approximate surface area is 172 Å². The number of thioether (sulfide) groups is 1. The van der Waals surface area contributed by atoms with Crippen LogP contribution in [0.15, 0.2) is 81.3 Å². The van der Waals surface area contributed by atoms with Crippen LogP contribution in [0.1, 0.15) is 16.1 Å². The molecule has 2 N–H and O–H groups in total. The van der Waals surface area contributed by atoms with E-state index in [1.807, 2.05) is 30.3 Å². The molecule has 0 aliphatic rings. The molecule has 8 heteroatoms. The van der Waals surface area contributed by atoms with E-state index in [0.29, 0.717) is 22.2 Å². The van der Waals surface area contributed by atoms with Crippen LogP contribution in [0.2, 0.25) is 0 Å². The van der Waals surface area contributed by atoms with Gasteiger partial charge in [-0.3, -0.25) is 9.59 Å². The molecule has 0 aliphatic heterocycles. The van der Waals surface area contributed by atoms with Crippen molar-refractivity contribution in [2.24, 2.45) is 5.10 Å². The largest absolute Gasteiger partial charge is 0.497 e. The zero-order chi connectivity index (χ0) is 20.5. The Morgan fingerprint density at radius 3 is 2.72 bits per heavy atom. The average molecular weight is 409 g/mol. The molecule has 0 saturated heterocycles. The first-order valence-corrected chi connectivity index (χ1v) is 9.67. The maximum Gasteiger partial charge on any atom is 0.271 e. The molecular formula is C21H19N3O4S. The first kappa shape index (κ1) is 20.2. The van der Waals surface area contributed by atoms with Gasteiger partial charge in [-0.1, -0.05) is 36.0 Å². The Morgan fingerprint density at radius 2 is 1.93 bits per heavy atom. The second-order valence-corrected chi connectivity index (χ2v) is 6.77. The number of ether oxygens (including phenoxy) is 1. The van der Waals surface area contributed by atoms with Gasteiger partial charge < -0.3 is 14.5 Å². The van der Waals surface area contributed by atoms with Crippen molar-refractivity contribution in [3.05, 3.63) is 78.1 Å². The lowest BCUT2D eigenvalue weighted by atomic mass is 10.2. The lowest BCUT2D eigenvalue weighted by Crippen LogP contribution is -2.17. The van der Waals surface area contributed by atoms with Gasteiger partial charge in [0.1, 0.15) is 11.5 Å². The van der Waals surface area contributed by atoms with E-state index in [2.05, 4.69) is 15.8 Å². The van der Waals surface area contributed by atoms with Crippen LogP contribution in [0.3, 0.4) is 0 Å².